The van der Waals surface area contributed by atoms with Gasteiger partial charge >= 0.3 is 17.9 Å². The number of allylic oxidation sites excluding steroid dienone is 18. The van der Waals surface area contributed by atoms with Crippen LogP contribution in [0.25, 0.3) is 0 Å². The standard InChI is InChI=1S/C86H151NO8/c1-6-8-10-12-14-16-18-20-22-24-26-28-30-32-34-36-38-40-41-42-43-45-46-48-50-52-54-56-58-60-62-64-66-68-70-72-74-76-83(88)93-80-82(81-94-86(85(90)91)92-79-78-87(3,4)5)95-84(89)77-75-73-71-69-67-65-63-61-59-57-55-53-51-49-47-44-39-37-35-33-31-29-27-25-23-21-19-17-15-13-11-9-7-2/h9,11,15,17-18,20-21,23-24,26-27,29,33,35,39,44,49,51,82,86H,6-8,10,12-14,16,19,22,25,28,30-32,34,36-38,40-43,45-48,50,52-81H2,1-5H3/p+1/b11-9-,17-15-,20-18-,23-21-,26-24-,29-27-,35-33-,44-39-,51-49-. The summed E-state index contributed by atoms with van der Waals surface area (Å²) >= 11 is 0. The van der Waals surface area contributed by atoms with Gasteiger partial charge in [-0.3, -0.25) is 9.59 Å². The molecule has 0 aromatic carbocycles. The lowest BCUT2D eigenvalue weighted by Gasteiger charge is -2.25. The molecule has 548 valence electrons. The Hall–Kier alpha value is -4.05. The van der Waals surface area contributed by atoms with Gasteiger partial charge in [-0.25, -0.2) is 4.79 Å². The molecule has 0 aliphatic carbocycles. The molecule has 0 spiro atoms. The summed E-state index contributed by atoms with van der Waals surface area (Å²) in [5.74, 6) is -2.00. The summed E-state index contributed by atoms with van der Waals surface area (Å²) in [4.78, 5) is 37.7. The number of carbonyl (C=O) groups excluding carboxylic acids is 2. The van der Waals surface area contributed by atoms with E-state index in [9.17, 15) is 19.5 Å². The maximum atomic E-state index is 13.0. The van der Waals surface area contributed by atoms with Crippen molar-refractivity contribution in [3.63, 3.8) is 0 Å². The van der Waals surface area contributed by atoms with Gasteiger partial charge in [0.1, 0.15) is 13.2 Å². The summed E-state index contributed by atoms with van der Waals surface area (Å²) in [5.41, 5.74) is 0. The number of aliphatic carboxylic acids is 1. The van der Waals surface area contributed by atoms with Crippen molar-refractivity contribution in [3.05, 3.63) is 109 Å². The average molecular weight is 1330 g/mol. The van der Waals surface area contributed by atoms with Crippen LogP contribution in [-0.4, -0.2) is 87.4 Å². The van der Waals surface area contributed by atoms with E-state index in [1.807, 2.05) is 21.1 Å². The van der Waals surface area contributed by atoms with Crippen molar-refractivity contribution in [3.8, 4) is 0 Å². The molecule has 2 unspecified atom stereocenters. The molecule has 2 atom stereocenters. The number of hydrogen-bond acceptors (Lipinski definition) is 7. The number of carboxylic acids is 1. The fourth-order valence-electron chi connectivity index (χ4n) is 11.4. The zero-order valence-corrected chi connectivity index (χ0v) is 62.8. The van der Waals surface area contributed by atoms with Crippen LogP contribution in [0, 0.1) is 0 Å². The van der Waals surface area contributed by atoms with Gasteiger partial charge in [0.2, 0.25) is 0 Å². The molecule has 9 heteroatoms. The maximum absolute atomic E-state index is 13.0. The third-order valence-corrected chi connectivity index (χ3v) is 17.5. The minimum absolute atomic E-state index is 0.184. The van der Waals surface area contributed by atoms with Crippen molar-refractivity contribution in [2.45, 2.75) is 373 Å². The van der Waals surface area contributed by atoms with Crippen molar-refractivity contribution in [2.24, 2.45) is 0 Å². The van der Waals surface area contributed by atoms with Gasteiger partial charge in [0.15, 0.2) is 6.10 Å². The summed E-state index contributed by atoms with van der Waals surface area (Å²) in [6.45, 7) is 4.79. The highest BCUT2D eigenvalue weighted by atomic mass is 16.7. The Bertz CT molecular complexity index is 1930. The van der Waals surface area contributed by atoms with E-state index < -0.39 is 24.3 Å². The molecule has 0 amide bonds. The maximum Gasteiger partial charge on any atom is 0.361 e. The molecular weight excluding hydrogens is 1170 g/mol. The minimum atomic E-state index is -1.52. The van der Waals surface area contributed by atoms with Crippen LogP contribution in [0.3, 0.4) is 0 Å². The van der Waals surface area contributed by atoms with E-state index in [4.69, 9.17) is 18.9 Å². The second-order valence-electron chi connectivity index (χ2n) is 28.0. The molecule has 9 nitrogen and oxygen atoms in total. The third kappa shape index (κ3) is 77.2. The average Bonchev–Trinajstić information content (AvgIpc) is 3.75. The number of esters is 2. The molecule has 0 saturated carbocycles. The van der Waals surface area contributed by atoms with E-state index in [0.29, 0.717) is 23.9 Å². The number of carbonyl (C=O) groups is 3. The van der Waals surface area contributed by atoms with E-state index in [1.54, 1.807) is 0 Å². The predicted molar refractivity (Wildman–Crippen MR) is 410 cm³/mol. The number of carboxylic acid groups (broad SMARTS) is 1. The second-order valence-corrected chi connectivity index (χ2v) is 28.0. The van der Waals surface area contributed by atoms with Crippen LogP contribution in [-0.2, 0) is 33.3 Å². The number of unbranched alkanes of at least 4 members (excludes halogenated alkanes) is 41. The third-order valence-electron chi connectivity index (χ3n) is 17.5. The Labute approximate surface area is 587 Å². The van der Waals surface area contributed by atoms with Crippen molar-refractivity contribution in [2.75, 3.05) is 47.5 Å². The number of quaternary nitrogens is 1. The SMILES string of the molecule is CC/C=C\C/C=C\C/C=C\C/C=C\C/C=C\C/C=C\C/C=C\CCCCCCCCCCCCCC(=O)OC(COC(=O)CCCCCCCCCCCCCCCCCCCCCCCCCCC/C=C\C/C=C\CCCCCCC)COC(OCC[N+](C)(C)C)C(=O)O. The molecular formula is C86H152NO8+. The highest BCUT2D eigenvalue weighted by Gasteiger charge is 2.25. The Balaban J connectivity index is 4.02. The summed E-state index contributed by atoms with van der Waals surface area (Å²) in [6, 6.07) is 0. The van der Waals surface area contributed by atoms with Gasteiger partial charge in [0.05, 0.1) is 34.4 Å². The monoisotopic (exact) mass is 1330 g/mol. The number of hydrogen-bond donors (Lipinski definition) is 1. The Morgan fingerprint density at radius 2 is 0.600 bits per heavy atom. The van der Waals surface area contributed by atoms with Crippen LogP contribution < -0.4 is 0 Å². The molecule has 0 bridgehead atoms. The first-order valence-electron chi connectivity index (χ1n) is 40.1. The molecule has 0 saturated heterocycles. The molecule has 0 rings (SSSR count). The van der Waals surface area contributed by atoms with Crippen molar-refractivity contribution >= 4 is 17.9 Å². The van der Waals surface area contributed by atoms with Crippen LogP contribution in [0.2, 0.25) is 0 Å². The second kappa shape index (κ2) is 75.7. The van der Waals surface area contributed by atoms with Crippen LogP contribution in [0.4, 0.5) is 0 Å². The lowest BCUT2D eigenvalue weighted by molar-refractivity contribution is -0.870. The first-order valence-corrected chi connectivity index (χ1v) is 40.1. The summed E-state index contributed by atoms with van der Waals surface area (Å²) < 4.78 is 23.0. The molecule has 0 aliphatic heterocycles. The molecule has 0 aromatic rings. The fourth-order valence-corrected chi connectivity index (χ4v) is 11.4. The van der Waals surface area contributed by atoms with E-state index in [0.717, 1.165) is 96.3 Å². The number of rotatable bonds is 74. The van der Waals surface area contributed by atoms with E-state index in [2.05, 4.69) is 123 Å². The smallest absolute Gasteiger partial charge is 0.361 e. The van der Waals surface area contributed by atoms with Crippen LogP contribution in [0.5, 0.6) is 0 Å². The Kier molecular flexibility index (Phi) is 72.5. The zero-order valence-electron chi connectivity index (χ0n) is 62.8. The summed E-state index contributed by atoms with van der Waals surface area (Å²) in [7, 11) is 5.99. The van der Waals surface area contributed by atoms with E-state index >= 15 is 0 Å². The molecule has 0 aliphatic rings. The molecule has 95 heavy (non-hydrogen) atoms. The Morgan fingerprint density at radius 3 is 0.895 bits per heavy atom. The minimum Gasteiger partial charge on any atom is -0.477 e. The van der Waals surface area contributed by atoms with Crippen molar-refractivity contribution in [1.82, 2.24) is 0 Å². The van der Waals surface area contributed by atoms with E-state index in [1.165, 1.54) is 231 Å². The predicted octanol–water partition coefficient (Wildman–Crippen LogP) is 25.7. The highest BCUT2D eigenvalue weighted by Crippen LogP contribution is 2.19. The first kappa shape index (κ1) is 91.0. The van der Waals surface area contributed by atoms with Gasteiger partial charge in [-0.05, 0) is 103 Å². The normalized spacial score (nSPS) is 13.2. The first-order chi connectivity index (χ1) is 46.6. The quantitative estimate of drug-likeness (QED) is 0.0211. The fraction of sp³-hybridized carbons (Fsp3) is 0.756. The molecule has 0 fully saturated rings. The lowest BCUT2D eigenvalue weighted by atomic mass is 10.0. The summed E-state index contributed by atoms with van der Waals surface area (Å²) in [6.07, 6.45) is 104. The van der Waals surface area contributed by atoms with Gasteiger partial charge in [0, 0.05) is 12.8 Å². The van der Waals surface area contributed by atoms with E-state index in [-0.39, 0.29) is 32.2 Å². The highest BCUT2D eigenvalue weighted by molar-refractivity contribution is 5.71. The topological polar surface area (TPSA) is 108 Å². The number of ether oxygens (including phenoxy) is 4. The van der Waals surface area contributed by atoms with Gasteiger partial charge in [-0.2, -0.15) is 0 Å². The lowest BCUT2D eigenvalue weighted by Crippen LogP contribution is -2.40. The zero-order chi connectivity index (χ0) is 69.0. The molecule has 1 N–H and O–H groups in total. The molecule has 0 heterocycles. The Morgan fingerprint density at radius 1 is 0.326 bits per heavy atom. The van der Waals surface area contributed by atoms with Gasteiger partial charge in [-0.1, -0.05) is 354 Å². The van der Waals surface area contributed by atoms with Crippen LogP contribution in [0.15, 0.2) is 109 Å². The van der Waals surface area contributed by atoms with Gasteiger partial charge < -0.3 is 28.5 Å². The van der Waals surface area contributed by atoms with Gasteiger partial charge in [-0.15, -0.1) is 0 Å². The number of likely N-dealkylation sites (N-methyl/N-ethyl adjacent to an activating group) is 1. The van der Waals surface area contributed by atoms with Crippen molar-refractivity contribution < 1.29 is 42.9 Å². The number of nitrogens with zero attached hydrogens (tertiary/aromatic N) is 1. The largest absolute Gasteiger partial charge is 0.477 e. The van der Waals surface area contributed by atoms with Crippen LogP contribution in [0.1, 0.15) is 361 Å². The molecule has 0 radical (unpaired) electrons. The van der Waals surface area contributed by atoms with Crippen molar-refractivity contribution in [1.29, 1.82) is 0 Å². The van der Waals surface area contributed by atoms with Gasteiger partial charge in [0.25, 0.3) is 6.29 Å². The van der Waals surface area contributed by atoms with Crippen LogP contribution >= 0.6 is 0 Å². The summed E-state index contributed by atoms with van der Waals surface area (Å²) in [5, 5.41) is 9.77. The molecule has 0 aromatic heterocycles.